The number of fused-ring (bicyclic) bond motifs is 2. The highest BCUT2D eigenvalue weighted by Gasteiger charge is 2.40. The molecule has 1 unspecified atom stereocenters. The summed E-state index contributed by atoms with van der Waals surface area (Å²) >= 11 is 0. The minimum Gasteiger partial charge on any atom is -0.361 e. The zero-order valence-corrected chi connectivity index (χ0v) is 15.1. The summed E-state index contributed by atoms with van der Waals surface area (Å²) in [6.45, 7) is 1.79. The topological polar surface area (TPSA) is 118 Å². The number of nitrogens with zero attached hydrogens (tertiary/aromatic N) is 2. The van der Waals surface area contributed by atoms with Gasteiger partial charge < -0.3 is 20.4 Å². The second-order valence-electron chi connectivity index (χ2n) is 6.51. The molecule has 140 valence electrons. The Morgan fingerprint density at radius 1 is 1.36 bits per heavy atom. The van der Waals surface area contributed by atoms with Crippen molar-refractivity contribution in [3.05, 3.63) is 64.6 Å². The van der Waals surface area contributed by atoms with Gasteiger partial charge in [0.15, 0.2) is 5.82 Å². The Morgan fingerprint density at radius 2 is 2.14 bits per heavy atom. The summed E-state index contributed by atoms with van der Waals surface area (Å²) < 4.78 is 15.9. The summed E-state index contributed by atoms with van der Waals surface area (Å²) in [6, 6.07) is 9.75. The number of alkyl halides is 1. The summed E-state index contributed by atoms with van der Waals surface area (Å²) in [4.78, 5) is 22.3. The van der Waals surface area contributed by atoms with Gasteiger partial charge in [-0.3, -0.25) is 4.79 Å². The van der Waals surface area contributed by atoms with Gasteiger partial charge in [-0.1, -0.05) is 0 Å². The third-order valence-corrected chi connectivity index (χ3v) is 4.77. The number of aromatic amines is 2. The number of halogens is 1. The minimum absolute atomic E-state index is 0.00951. The number of imidazole rings is 1. The zero-order chi connectivity index (χ0) is 20.1. The molecule has 0 aliphatic heterocycles. The van der Waals surface area contributed by atoms with Gasteiger partial charge in [-0.05, 0) is 42.8 Å². The summed E-state index contributed by atoms with van der Waals surface area (Å²) in [5.74, 6) is -3.96. The standard InChI is InChI=1S/C20H16FN5O2/c1-10-7-13(18(27)23-2)16(12-5-6-24-17(10)12)20(21,28)19-25-14-4-3-11(9-22)8-15(14)26-19/h3-8,24,28H,1-2H3,(H,23,27)(H,25,26). The molecule has 4 aromatic rings. The molecule has 1 atom stereocenters. The molecule has 7 nitrogen and oxygen atoms in total. The number of amides is 1. The van der Waals surface area contributed by atoms with Gasteiger partial charge in [0, 0.05) is 35.3 Å². The van der Waals surface area contributed by atoms with Crippen molar-refractivity contribution in [3.8, 4) is 6.07 Å². The predicted octanol–water partition coefficient (Wildman–Crippen LogP) is 2.75. The van der Waals surface area contributed by atoms with Crippen LogP contribution in [0.1, 0.15) is 32.9 Å². The van der Waals surface area contributed by atoms with Crippen LogP contribution in [0.4, 0.5) is 4.39 Å². The number of hydrogen-bond acceptors (Lipinski definition) is 4. The molecule has 0 aliphatic rings. The van der Waals surface area contributed by atoms with Crippen LogP contribution in [-0.4, -0.2) is 33.0 Å². The summed E-state index contributed by atoms with van der Waals surface area (Å²) in [5.41, 5.74) is 2.32. The second kappa shape index (κ2) is 6.18. The van der Waals surface area contributed by atoms with Crippen molar-refractivity contribution in [2.24, 2.45) is 0 Å². The maximum atomic E-state index is 15.9. The molecule has 4 rings (SSSR count). The van der Waals surface area contributed by atoms with Crippen LogP contribution >= 0.6 is 0 Å². The highest BCUT2D eigenvalue weighted by Crippen LogP contribution is 2.38. The van der Waals surface area contributed by atoms with Crippen LogP contribution in [-0.2, 0) is 5.85 Å². The van der Waals surface area contributed by atoms with Crippen molar-refractivity contribution in [2.75, 3.05) is 7.05 Å². The van der Waals surface area contributed by atoms with Crippen LogP contribution in [0.3, 0.4) is 0 Å². The summed E-state index contributed by atoms with van der Waals surface area (Å²) in [5, 5.41) is 22.8. The Morgan fingerprint density at radius 3 is 2.86 bits per heavy atom. The maximum Gasteiger partial charge on any atom is 0.293 e. The average molecular weight is 377 g/mol. The summed E-state index contributed by atoms with van der Waals surface area (Å²) in [6.07, 6.45) is 1.61. The fourth-order valence-electron chi connectivity index (χ4n) is 3.43. The van der Waals surface area contributed by atoms with Gasteiger partial charge in [0.1, 0.15) is 0 Å². The first-order valence-corrected chi connectivity index (χ1v) is 8.51. The minimum atomic E-state index is -3.07. The number of H-pyrrole nitrogens is 2. The van der Waals surface area contributed by atoms with E-state index in [0.29, 0.717) is 27.5 Å². The lowest BCUT2D eigenvalue weighted by molar-refractivity contribution is -0.0606. The molecule has 2 aromatic carbocycles. The molecule has 0 bridgehead atoms. The molecule has 4 N–H and O–H groups in total. The molecule has 2 aromatic heterocycles. The highest BCUT2D eigenvalue weighted by molar-refractivity contribution is 6.02. The van der Waals surface area contributed by atoms with Gasteiger partial charge in [-0.2, -0.15) is 9.65 Å². The van der Waals surface area contributed by atoms with E-state index in [9.17, 15) is 9.90 Å². The third-order valence-electron chi connectivity index (χ3n) is 4.77. The van der Waals surface area contributed by atoms with Gasteiger partial charge in [0.25, 0.3) is 11.8 Å². The van der Waals surface area contributed by atoms with E-state index in [2.05, 4.69) is 20.3 Å². The SMILES string of the molecule is CNC(=O)c1cc(C)c2[nH]ccc2c1C(O)(F)c1nc2cc(C#N)ccc2[nH]1. The smallest absolute Gasteiger partial charge is 0.293 e. The molecule has 8 heteroatoms. The number of aliphatic hydroxyl groups is 1. The fourth-order valence-corrected chi connectivity index (χ4v) is 3.43. The lowest BCUT2D eigenvalue weighted by Gasteiger charge is -2.22. The number of carbonyl (C=O) groups is 1. The molecule has 0 aliphatic carbocycles. The van der Waals surface area contributed by atoms with E-state index < -0.39 is 11.8 Å². The molecule has 1 amide bonds. The molecule has 0 saturated heterocycles. The number of carbonyl (C=O) groups excluding carboxylic acids is 1. The van der Waals surface area contributed by atoms with Crippen molar-refractivity contribution in [3.63, 3.8) is 0 Å². The Balaban J connectivity index is 2.00. The normalized spacial score (nSPS) is 13.4. The number of hydrogen-bond donors (Lipinski definition) is 4. The van der Waals surface area contributed by atoms with Crippen LogP contribution in [0.5, 0.6) is 0 Å². The van der Waals surface area contributed by atoms with Gasteiger partial charge in [0.2, 0.25) is 0 Å². The van der Waals surface area contributed by atoms with Gasteiger partial charge >= 0.3 is 0 Å². The molecule has 0 radical (unpaired) electrons. The van der Waals surface area contributed by atoms with E-state index in [-0.39, 0.29) is 17.0 Å². The van der Waals surface area contributed by atoms with Crippen LogP contribution in [0.2, 0.25) is 0 Å². The van der Waals surface area contributed by atoms with Crippen LogP contribution in [0, 0.1) is 18.3 Å². The maximum absolute atomic E-state index is 15.9. The number of aromatic nitrogens is 3. The van der Waals surface area contributed by atoms with Crippen LogP contribution in [0.15, 0.2) is 36.5 Å². The van der Waals surface area contributed by atoms with E-state index in [1.807, 2.05) is 6.07 Å². The quantitative estimate of drug-likeness (QED) is 0.439. The monoisotopic (exact) mass is 377 g/mol. The van der Waals surface area contributed by atoms with Crippen LogP contribution < -0.4 is 5.32 Å². The van der Waals surface area contributed by atoms with Gasteiger partial charge in [0.05, 0.1) is 22.7 Å². The molecule has 2 heterocycles. The van der Waals surface area contributed by atoms with E-state index in [1.54, 1.807) is 31.3 Å². The largest absolute Gasteiger partial charge is 0.361 e. The molecule has 0 spiro atoms. The van der Waals surface area contributed by atoms with Crippen molar-refractivity contribution in [2.45, 2.75) is 12.8 Å². The lowest BCUT2D eigenvalue weighted by atomic mass is 9.93. The van der Waals surface area contributed by atoms with Crippen molar-refractivity contribution in [1.82, 2.24) is 20.3 Å². The van der Waals surface area contributed by atoms with Crippen molar-refractivity contribution >= 4 is 27.8 Å². The predicted molar refractivity (Wildman–Crippen MR) is 101 cm³/mol. The number of nitrogens with one attached hydrogen (secondary N) is 3. The third kappa shape index (κ3) is 2.52. The Bertz CT molecular complexity index is 1280. The van der Waals surface area contributed by atoms with E-state index in [0.717, 1.165) is 5.56 Å². The van der Waals surface area contributed by atoms with Crippen LogP contribution in [0.25, 0.3) is 21.9 Å². The Kier molecular flexibility index (Phi) is 3.91. The molecular weight excluding hydrogens is 361 g/mol. The highest BCUT2D eigenvalue weighted by atomic mass is 19.2. The number of aryl methyl sites for hydroxylation is 1. The molecule has 28 heavy (non-hydrogen) atoms. The zero-order valence-electron chi connectivity index (χ0n) is 15.1. The number of nitriles is 1. The van der Waals surface area contributed by atoms with E-state index in [4.69, 9.17) is 5.26 Å². The number of benzene rings is 2. The first kappa shape index (κ1) is 17.7. The fraction of sp³-hybridized carbons (Fsp3) is 0.150. The molecule has 0 fully saturated rings. The van der Waals surface area contributed by atoms with E-state index in [1.165, 1.54) is 19.2 Å². The second-order valence-corrected chi connectivity index (χ2v) is 6.51. The van der Waals surface area contributed by atoms with Crippen molar-refractivity contribution < 1.29 is 14.3 Å². The lowest BCUT2D eigenvalue weighted by Crippen LogP contribution is -2.29. The Labute approximate surface area is 158 Å². The van der Waals surface area contributed by atoms with Gasteiger partial charge in [-0.25, -0.2) is 4.98 Å². The first-order chi connectivity index (χ1) is 13.4. The first-order valence-electron chi connectivity index (χ1n) is 8.51. The Hall–Kier alpha value is -3.70. The average Bonchev–Trinajstić information content (AvgIpc) is 3.33. The van der Waals surface area contributed by atoms with Crippen molar-refractivity contribution in [1.29, 1.82) is 5.26 Å². The van der Waals surface area contributed by atoms with E-state index >= 15 is 4.39 Å². The van der Waals surface area contributed by atoms with Gasteiger partial charge in [-0.15, -0.1) is 0 Å². The molecular formula is C20H16FN5O2. The molecule has 0 saturated carbocycles. The summed E-state index contributed by atoms with van der Waals surface area (Å²) in [7, 11) is 1.44. The number of rotatable bonds is 3.